The largest absolute Gasteiger partial charge is 0.573 e. The van der Waals surface area contributed by atoms with E-state index in [4.69, 9.17) is 14.2 Å². The van der Waals surface area contributed by atoms with Crippen molar-refractivity contribution in [1.82, 2.24) is 14.5 Å². The fourth-order valence-corrected chi connectivity index (χ4v) is 4.35. The first-order valence-corrected chi connectivity index (χ1v) is 11.8. The molecule has 0 amide bonds. The highest BCUT2D eigenvalue weighted by molar-refractivity contribution is 5.41. The normalized spacial score (nSPS) is 19.5. The van der Waals surface area contributed by atoms with Gasteiger partial charge in [-0.3, -0.25) is 4.57 Å². The summed E-state index contributed by atoms with van der Waals surface area (Å²) >= 11 is 0. The van der Waals surface area contributed by atoms with E-state index in [0.717, 1.165) is 18.7 Å². The number of hydrogen-bond acceptors (Lipinski definition) is 9. The second kappa shape index (κ2) is 9.91. The Hall–Kier alpha value is -4.23. The van der Waals surface area contributed by atoms with Gasteiger partial charge in [0.2, 0.25) is 0 Å². The van der Waals surface area contributed by atoms with E-state index in [1.54, 1.807) is 10.8 Å². The Morgan fingerprint density at radius 3 is 2.42 bits per heavy atom. The first kappa shape index (κ1) is 25.4. The molecule has 2 aliphatic heterocycles. The number of piperidine rings is 1. The number of anilines is 1. The van der Waals surface area contributed by atoms with Crippen LogP contribution in [0.4, 0.5) is 24.8 Å². The Morgan fingerprint density at radius 1 is 1.13 bits per heavy atom. The Balaban J connectivity index is 1.07. The van der Waals surface area contributed by atoms with Crippen molar-refractivity contribution in [3.05, 3.63) is 58.9 Å². The molecule has 2 aliphatic rings. The molecule has 1 saturated heterocycles. The number of aromatic nitrogens is 3. The summed E-state index contributed by atoms with van der Waals surface area (Å²) in [6.45, 7) is 3.83. The highest BCUT2D eigenvalue weighted by Crippen LogP contribution is 2.32. The van der Waals surface area contributed by atoms with Crippen molar-refractivity contribution < 1.29 is 37.0 Å². The number of fused-ring (bicyclic) bond motifs is 1. The zero-order valence-corrected chi connectivity index (χ0v) is 20.3. The molecule has 1 aromatic carbocycles. The van der Waals surface area contributed by atoms with Crippen LogP contribution in [0.2, 0.25) is 0 Å². The molecule has 1 atom stereocenters. The Bertz CT molecular complexity index is 1250. The van der Waals surface area contributed by atoms with Gasteiger partial charge in [0.25, 0.3) is 0 Å². The maximum absolute atomic E-state index is 12.3. The van der Waals surface area contributed by atoms with Crippen LogP contribution in [0.25, 0.3) is 0 Å². The number of alkyl halides is 3. The van der Waals surface area contributed by atoms with Crippen LogP contribution >= 0.6 is 0 Å². The zero-order valence-electron chi connectivity index (χ0n) is 20.3. The van der Waals surface area contributed by atoms with E-state index in [1.165, 1.54) is 30.5 Å². The van der Waals surface area contributed by atoms with E-state index in [9.17, 15) is 23.3 Å². The van der Waals surface area contributed by atoms with Gasteiger partial charge in [0.15, 0.2) is 5.60 Å². The molecule has 5 rings (SSSR count). The van der Waals surface area contributed by atoms with Crippen molar-refractivity contribution in [3.8, 4) is 23.3 Å². The molecule has 1 fully saturated rings. The lowest BCUT2D eigenvalue weighted by Gasteiger charge is -2.33. The summed E-state index contributed by atoms with van der Waals surface area (Å²) in [5.74, 6) is 1.29. The van der Waals surface area contributed by atoms with Crippen molar-refractivity contribution in [2.24, 2.45) is 0 Å². The number of halogens is 3. The van der Waals surface area contributed by atoms with Gasteiger partial charge in [0.05, 0.1) is 12.7 Å². The Morgan fingerprint density at radius 2 is 1.82 bits per heavy atom. The summed E-state index contributed by atoms with van der Waals surface area (Å²) in [7, 11) is 0. The lowest BCUT2D eigenvalue weighted by Crippen LogP contribution is -2.39. The summed E-state index contributed by atoms with van der Waals surface area (Å²) in [5, 5.41) is 10.9. The highest BCUT2D eigenvalue weighted by Gasteiger charge is 2.41. The van der Waals surface area contributed by atoms with Crippen molar-refractivity contribution in [2.75, 3.05) is 24.6 Å². The minimum atomic E-state index is -4.73. The first-order chi connectivity index (χ1) is 18.1. The number of benzene rings is 1. The summed E-state index contributed by atoms with van der Waals surface area (Å²) in [5.41, 5.74) is -0.719. The van der Waals surface area contributed by atoms with E-state index in [2.05, 4.69) is 19.6 Å². The average molecular weight is 535 g/mol. The van der Waals surface area contributed by atoms with Gasteiger partial charge in [-0.1, -0.05) is 0 Å². The van der Waals surface area contributed by atoms with Gasteiger partial charge in [-0.25, -0.2) is 4.98 Å². The Labute approximate surface area is 214 Å². The van der Waals surface area contributed by atoms with Crippen LogP contribution in [-0.4, -0.2) is 57.2 Å². The Kier molecular flexibility index (Phi) is 6.63. The second-order valence-electron chi connectivity index (χ2n) is 9.28. The van der Waals surface area contributed by atoms with Gasteiger partial charge in [0, 0.05) is 30.9 Å². The molecule has 0 aliphatic carbocycles. The first-order valence-electron chi connectivity index (χ1n) is 11.8. The molecule has 0 radical (unpaired) electrons. The molecule has 0 unspecified atom stereocenters. The summed E-state index contributed by atoms with van der Waals surface area (Å²) < 4.78 is 59.9. The average Bonchev–Trinajstić information content (AvgIpc) is 3.40. The molecule has 0 saturated carbocycles. The molecule has 0 bridgehead atoms. The number of nitro groups is 1. The molecule has 3 aromatic rings. The van der Waals surface area contributed by atoms with Crippen molar-refractivity contribution >= 4 is 11.6 Å². The van der Waals surface area contributed by atoms with Gasteiger partial charge in [-0.05, 0) is 48.2 Å². The monoisotopic (exact) mass is 535 g/mol. The minimum absolute atomic E-state index is 0.0634. The lowest BCUT2D eigenvalue weighted by molar-refractivity contribution is -0.389. The van der Waals surface area contributed by atoms with Gasteiger partial charge in [-0.2, -0.15) is 0 Å². The van der Waals surface area contributed by atoms with E-state index in [1.807, 2.05) is 19.1 Å². The summed E-state index contributed by atoms with van der Waals surface area (Å²) in [6, 6.07) is 9.25. The topological polar surface area (TPSA) is 114 Å². The molecular weight excluding hydrogens is 511 g/mol. The number of imidazole rings is 1. The molecule has 202 valence electrons. The molecule has 0 spiro atoms. The number of nitrogens with zero attached hydrogens (tertiary/aromatic N) is 5. The highest BCUT2D eigenvalue weighted by atomic mass is 19.4. The summed E-state index contributed by atoms with van der Waals surface area (Å²) in [6.07, 6.45) is -0.369. The third-order valence-corrected chi connectivity index (χ3v) is 6.15. The van der Waals surface area contributed by atoms with Crippen LogP contribution in [0.3, 0.4) is 0 Å². The van der Waals surface area contributed by atoms with Crippen LogP contribution in [0.15, 0.2) is 48.8 Å². The summed E-state index contributed by atoms with van der Waals surface area (Å²) in [4.78, 5) is 20.8. The maximum Gasteiger partial charge on any atom is 0.573 e. The van der Waals surface area contributed by atoms with Crippen LogP contribution < -0.4 is 23.8 Å². The molecule has 11 nitrogen and oxygen atoms in total. The number of pyridine rings is 1. The molecule has 2 aromatic heterocycles. The van der Waals surface area contributed by atoms with Crippen LogP contribution in [0.1, 0.15) is 19.8 Å². The maximum atomic E-state index is 12.3. The predicted octanol–water partition coefficient (Wildman–Crippen LogP) is 4.36. The van der Waals surface area contributed by atoms with Gasteiger partial charge in [-0.15, -0.1) is 13.2 Å². The number of hydrogen-bond donors (Lipinski definition) is 0. The predicted molar refractivity (Wildman–Crippen MR) is 127 cm³/mol. The van der Waals surface area contributed by atoms with Crippen molar-refractivity contribution in [1.29, 1.82) is 0 Å². The standard InChI is InChI=1S/C24H24F3N5O6/c1-23(14-31-13-21(32(33)34)29-22(31)38-23)15-35-19-6-7-20(28-12-19)30-10-8-17(9-11-30)36-16-2-4-18(5-3-16)37-24(25,26)27/h2-7,12-13,17H,8-11,14-15H2,1H3/t23-/m1/s1. The van der Waals surface area contributed by atoms with E-state index >= 15 is 0 Å². The fourth-order valence-electron chi connectivity index (χ4n) is 4.35. The lowest BCUT2D eigenvalue weighted by atomic mass is 10.1. The van der Waals surface area contributed by atoms with Crippen LogP contribution in [0.5, 0.6) is 23.3 Å². The SMILES string of the molecule is C[C@]1(COc2ccc(N3CCC(Oc4ccc(OC(F)(F)F)cc4)CC3)nc2)Cn2cc([N+](=O)[O-])nc2O1. The molecule has 4 heterocycles. The minimum Gasteiger partial charge on any atom is -0.490 e. The van der Waals surface area contributed by atoms with E-state index in [0.29, 0.717) is 31.1 Å². The van der Waals surface area contributed by atoms with E-state index < -0.39 is 16.9 Å². The molecule has 38 heavy (non-hydrogen) atoms. The quantitative estimate of drug-likeness (QED) is 0.307. The van der Waals surface area contributed by atoms with E-state index in [-0.39, 0.29) is 30.3 Å². The molecule has 0 N–H and O–H groups in total. The van der Waals surface area contributed by atoms with Crippen molar-refractivity contribution in [3.63, 3.8) is 0 Å². The van der Waals surface area contributed by atoms with Gasteiger partial charge in [0.1, 0.15) is 42.0 Å². The van der Waals surface area contributed by atoms with Gasteiger partial charge >= 0.3 is 18.2 Å². The number of ether oxygens (including phenoxy) is 4. The smallest absolute Gasteiger partial charge is 0.490 e. The third-order valence-electron chi connectivity index (χ3n) is 6.15. The van der Waals surface area contributed by atoms with Crippen LogP contribution in [-0.2, 0) is 6.54 Å². The second-order valence-corrected chi connectivity index (χ2v) is 9.28. The van der Waals surface area contributed by atoms with Gasteiger partial charge < -0.3 is 34.0 Å². The van der Waals surface area contributed by atoms with Crippen molar-refractivity contribution in [2.45, 2.75) is 44.4 Å². The molecular formula is C24H24F3N5O6. The fraction of sp³-hybridized carbons (Fsp3) is 0.417. The molecule has 14 heteroatoms. The third kappa shape index (κ3) is 6.01. The zero-order chi connectivity index (χ0) is 26.9. The van der Waals surface area contributed by atoms with Crippen LogP contribution in [0, 0.1) is 10.1 Å². The number of rotatable bonds is 8.